The molecule has 6 nitrogen and oxygen atoms in total. The van der Waals surface area contributed by atoms with Crippen LogP contribution in [0.2, 0.25) is 0 Å². The van der Waals surface area contributed by atoms with E-state index in [1.807, 2.05) is 13.8 Å². The lowest BCUT2D eigenvalue weighted by Crippen LogP contribution is -2.48. The van der Waals surface area contributed by atoms with Gasteiger partial charge in [-0.15, -0.1) is 0 Å². The van der Waals surface area contributed by atoms with Crippen LogP contribution >= 0.6 is 0 Å². The molecule has 0 atom stereocenters. The number of nitrogens with zero attached hydrogens (tertiary/aromatic N) is 2. The van der Waals surface area contributed by atoms with E-state index >= 15 is 0 Å². The summed E-state index contributed by atoms with van der Waals surface area (Å²) in [5.41, 5.74) is 5.38. The Morgan fingerprint density at radius 3 is 2.28 bits per heavy atom. The SMILES string of the molecule is CCN(CC)S(=O)(=O)N1CCC(OCCN)CC1. The standard InChI is InChI=1S/C11H25N3O3S/c1-3-13(4-2)18(15,16)14-8-5-11(6-9-14)17-10-7-12/h11H,3-10,12H2,1-2H3. The van der Waals surface area contributed by atoms with E-state index in [-0.39, 0.29) is 6.10 Å². The summed E-state index contributed by atoms with van der Waals surface area (Å²) in [6.07, 6.45) is 1.65. The quantitative estimate of drug-likeness (QED) is 0.712. The Balaban J connectivity index is 2.51. The van der Waals surface area contributed by atoms with Gasteiger partial charge in [0.1, 0.15) is 0 Å². The van der Waals surface area contributed by atoms with Crippen molar-refractivity contribution in [1.82, 2.24) is 8.61 Å². The average Bonchev–Trinajstić information content (AvgIpc) is 2.38. The summed E-state index contributed by atoms with van der Waals surface area (Å²) in [5.74, 6) is 0. The minimum atomic E-state index is -3.28. The Bertz CT molecular complexity index is 322. The van der Waals surface area contributed by atoms with Gasteiger partial charge in [-0.3, -0.25) is 0 Å². The van der Waals surface area contributed by atoms with Gasteiger partial charge in [0.05, 0.1) is 12.7 Å². The average molecular weight is 279 g/mol. The van der Waals surface area contributed by atoms with Gasteiger partial charge < -0.3 is 10.5 Å². The molecule has 1 aliphatic rings. The number of piperidine rings is 1. The second-order valence-corrected chi connectivity index (χ2v) is 6.28. The Hall–Kier alpha value is -0.210. The van der Waals surface area contributed by atoms with Gasteiger partial charge in [-0.05, 0) is 12.8 Å². The summed E-state index contributed by atoms with van der Waals surface area (Å²) in [6.45, 7) is 6.88. The Labute approximate surface area is 110 Å². The van der Waals surface area contributed by atoms with Gasteiger partial charge in [0.15, 0.2) is 0 Å². The molecule has 1 aliphatic heterocycles. The number of hydrogen-bond acceptors (Lipinski definition) is 4. The van der Waals surface area contributed by atoms with E-state index in [2.05, 4.69) is 0 Å². The molecule has 1 saturated heterocycles. The molecule has 1 fully saturated rings. The number of hydrogen-bond donors (Lipinski definition) is 1. The van der Waals surface area contributed by atoms with Crippen molar-refractivity contribution in [3.05, 3.63) is 0 Å². The maximum Gasteiger partial charge on any atom is 0.281 e. The van der Waals surface area contributed by atoms with Crippen molar-refractivity contribution < 1.29 is 13.2 Å². The summed E-state index contributed by atoms with van der Waals surface area (Å²) in [7, 11) is -3.28. The van der Waals surface area contributed by atoms with E-state index in [0.29, 0.717) is 39.3 Å². The first-order valence-corrected chi connectivity index (χ1v) is 8.02. The van der Waals surface area contributed by atoms with Crippen LogP contribution in [0.1, 0.15) is 26.7 Å². The molecule has 0 spiro atoms. The molecular formula is C11H25N3O3S. The molecule has 0 unspecified atom stereocenters. The predicted molar refractivity (Wildman–Crippen MR) is 71.4 cm³/mol. The molecule has 0 saturated carbocycles. The van der Waals surface area contributed by atoms with E-state index in [9.17, 15) is 8.42 Å². The van der Waals surface area contributed by atoms with Crippen LogP contribution in [0.25, 0.3) is 0 Å². The van der Waals surface area contributed by atoms with Crippen LogP contribution in [-0.2, 0) is 14.9 Å². The zero-order valence-electron chi connectivity index (χ0n) is 11.3. The molecule has 1 rings (SSSR count). The summed E-state index contributed by atoms with van der Waals surface area (Å²) in [4.78, 5) is 0. The highest BCUT2D eigenvalue weighted by Crippen LogP contribution is 2.18. The van der Waals surface area contributed by atoms with Crippen molar-refractivity contribution in [2.24, 2.45) is 5.73 Å². The van der Waals surface area contributed by atoms with E-state index in [0.717, 1.165) is 12.8 Å². The summed E-state index contributed by atoms with van der Waals surface area (Å²) >= 11 is 0. The topological polar surface area (TPSA) is 75.9 Å². The molecule has 18 heavy (non-hydrogen) atoms. The highest BCUT2D eigenvalue weighted by molar-refractivity contribution is 7.86. The van der Waals surface area contributed by atoms with Crippen LogP contribution in [0.3, 0.4) is 0 Å². The first-order valence-electron chi connectivity index (χ1n) is 6.63. The van der Waals surface area contributed by atoms with Gasteiger partial charge in [0, 0.05) is 32.7 Å². The van der Waals surface area contributed by atoms with Gasteiger partial charge in [-0.25, -0.2) is 0 Å². The minimum absolute atomic E-state index is 0.150. The molecule has 0 aliphatic carbocycles. The van der Waals surface area contributed by atoms with E-state index in [4.69, 9.17) is 10.5 Å². The summed E-state index contributed by atoms with van der Waals surface area (Å²) in [6, 6.07) is 0. The fourth-order valence-corrected chi connectivity index (χ4v) is 3.83. The highest BCUT2D eigenvalue weighted by atomic mass is 32.2. The Morgan fingerprint density at radius 2 is 1.83 bits per heavy atom. The van der Waals surface area contributed by atoms with Gasteiger partial charge in [-0.1, -0.05) is 13.8 Å². The molecule has 108 valence electrons. The Kier molecular flexibility index (Phi) is 6.51. The maximum absolute atomic E-state index is 12.3. The van der Waals surface area contributed by atoms with Crippen molar-refractivity contribution in [2.45, 2.75) is 32.8 Å². The summed E-state index contributed by atoms with van der Waals surface area (Å²) < 4.78 is 33.1. The lowest BCUT2D eigenvalue weighted by Gasteiger charge is -2.34. The van der Waals surface area contributed by atoms with Crippen LogP contribution < -0.4 is 5.73 Å². The van der Waals surface area contributed by atoms with Crippen molar-refractivity contribution in [3.63, 3.8) is 0 Å². The maximum atomic E-state index is 12.3. The molecule has 0 aromatic rings. The zero-order chi connectivity index (χ0) is 13.6. The van der Waals surface area contributed by atoms with Crippen molar-refractivity contribution in [2.75, 3.05) is 39.3 Å². The second kappa shape index (κ2) is 7.40. The predicted octanol–water partition coefficient (Wildman–Crippen LogP) is 0.0127. The molecule has 7 heteroatoms. The molecule has 0 bridgehead atoms. The molecular weight excluding hydrogens is 254 g/mol. The summed E-state index contributed by atoms with van der Waals surface area (Å²) in [5, 5.41) is 0. The van der Waals surface area contributed by atoms with Gasteiger partial charge in [0.25, 0.3) is 10.2 Å². The van der Waals surface area contributed by atoms with Gasteiger partial charge >= 0.3 is 0 Å². The van der Waals surface area contributed by atoms with Crippen molar-refractivity contribution >= 4 is 10.2 Å². The van der Waals surface area contributed by atoms with Crippen LogP contribution in [-0.4, -0.2) is 62.5 Å². The van der Waals surface area contributed by atoms with Crippen LogP contribution in [0.15, 0.2) is 0 Å². The third-order valence-corrected chi connectivity index (χ3v) is 5.42. The number of rotatable bonds is 7. The molecule has 1 heterocycles. The molecule has 0 amide bonds. The normalized spacial score (nSPS) is 19.6. The van der Waals surface area contributed by atoms with Crippen LogP contribution in [0, 0.1) is 0 Å². The molecule has 0 aromatic carbocycles. The van der Waals surface area contributed by atoms with Crippen molar-refractivity contribution in [3.8, 4) is 0 Å². The van der Waals surface area contributed by atoms with Crippen LogP contribution in [0.5, 0.6) is 0 Å². The largest absolute Gasteiger partial charge is 0.377 e. The van der Waals surface area contributed by atoms with Gasteiger partial charge in [-0.2, -0.15) is 17.0 Å². The monoisotopic (exact) mass is 279 g/mol. The van der Waals surface area contributed by atoms with E-state index in [1.54, 1.807) is 4.31 Å². The van der Waals surface area contributed by atoms with E-state index < -0.39 is 10.2 Å². The minimum Gasteiger partial charge on any atom is -0.377 e. The number of ether oxygens (including phenoxy) is 1. The second-order valence-electron chi connectivity index (χ2n) is 4.35. The fourth-order valence-electron chi connectivity index (χ4n) is 2.18. The fraction of sp³-hybridized carbons (Fsp3) is 1.00. The van der Waals surface area contributed by atoms with Crippen molar-refractivity contribution in [1.29, 1.82) is 0 Å². The lowest BCUT2D eigenvalue weighted by molar-refractivity contribution is 0.0249. The van der Waals surface area contributed by atoms with Crippen LogP contribution in [0.4, 0.5) is 0 Å². The zero-order valence-corrected chi connectivity index (χ0v) is 12.2. The third-order valence-electron chi connectivity index (χ3n) is 3.23. The van der Waals surface area contributed by atoms with Gasteiger partial charge in [0.2, 0.25) is 0 Å². The highest BCUT2D eigenvalue weighted by Gasteiger charge is 2.31. The molecule has 2 N–H and O–H groups in total. The van der Waals surface area contributed by atoms with E-state index in [1.165, 1.54) is 4.31 Å². The third kappa shape index (κ3) is 3.89. The first-order chi connectivity index (χ1) is 8.56. The smallest absolute Gasteiger partial charge is 0.281 e. The number of nitrogens with two attached hydrogens (primary N) is 1. The molecule has 0 aromatic heterocycles. The Morgan fingerprint density at radius 1 is 1.28 bits per heavy atom. The lowest BCUT2D eigenvalue weighted by atomic mass is 10.1. The molecule has 0 radical (unpaired) electrons. The first kappa shape index (κ1) is 15.8.